The molecule has 0 atom stereocenters. The number of hydrogen-bond donors (Lipinski definition) is 3. The molecule has 0 aliphatic heterocycles. The third-order valence-corrected chi connectivity index (χ3v) is 2.74. The zero-order valence-electron chi connectivity index (χ0n) is 12.9. The number of benzene rings is 1. The maximum atomic E-state index is 10.8. The van der Waals surface area contributed by atoms with Gasteiger partial charge in [0, 0.05) is 32.1 Å². The van der Waals surface area contributed by atoms with Crippen LogP contribution in [0.4, 0.5) is 0 Å². The molecule has 0 saturated carbocycles. The number of guanidine groups is 1. The van der Waals surface area contributed by atoms with Gasteiger partial charge in [-0.25, -0.2) is 4.99 Å². The van der Waals surface area contributed by atoms with Gasteiger partial charge in [-0.15, -0.1) is 0 Å². The molecule has 0 aliphatic rings. The molecule has 0 spiro atoms. The second-order valence-electron chi connectivity index (χ2n) is 4.42. The molecule has 1 aromatic carbocycles. The van der Waals surface area contributed by atoms with Crippen molar-refractivity contribution in [1.82, 2.24) is 16.0 Å². The molecule has 0 heterocycles. The molecule has 0 fully saturated rings. The van der Waals surface area contributed by atoms with Crippen molar-refractivity contribution in [3.05, 3.63) is 29.8 Å². The largest absolute Gasteiger partial charge is 0.496 e. The quantitative estimate of drug-likeness (QED) is 0.396. The maximum Gasteiger partial charge on any atom is 0.216 e. The van der Waals surface area contributed by atoms with Crippen LogP contribution in [0.2, 0.25) is 0 Å². The maximum absolute atomic E-state index is 10.8. The predicted octanol–water partition coefficient (Wildman–Crippen LogP) is 0.886. The molecule has 1 amide bonds. The number of amides is 1. The van der Waals surface area contributed by atoms with E-state index in [1.54, 1.807) is 7.11 Å². The molecule has 6 nitrogen and oxygen atoms in total. The number of ether oxygens (including phenoxy) is 1. The molecule has 6 heteroatoms. The number of hydrogen-bond acceptors (Lipinski definition) is 3. The Morgan fingerprint density at radius 3 is 2.57 bits per heavy atom. The fraction of sp³-hybridized carbons (Fsp3) is 0.467. The Labute approximate surface area is 126 Å². The molecule has 0 aliphatic carbocycles. The minimum absolute atomic E-state index is 0.0345. The van der Waals surface area contributed by atoms with Crippen molar-refractivity contribution in [3.63, 3.8) is 0 Å². The lowest BCUT2D eigenvalue weighted by molar-refractivity contribution is -0.118. The van der Waals surface area contributed by atoms with E-state index in [1.165, 1.54) is 6.92 Å². The molecule has 21 heavy (non-hydrogen) atoms. The highest BCUT2D eigenvalue weighted by atomic mass is 16.5. The Balaban J connectivity index is 2.56. The lowest BCUT2D eigenvalue weighted by Gasteiger charge is -2.12. The fourth-order valence-electron chi connectivity index (χ4n) is 1.76. The van der Waals surface area contributed by atoms with Crippen molar-refractivity contribution >= 4 is 11.9 Å². The van der Waals surface area contributed by atoms with Crippen molar-refractivity contribution < 1.29 is 9.53 Å². The van der Waals surface area contributed by atoms with Crippen molar-refractivity contribution in [1.29, 1.82) is 0 Å². The first kappa shape index (κ1) is 16.8. The number of rotatable bonds is 7. The summed E-state index contributed by atoms with van der Waals surface area (Å²) in [5.74, 6) is 1.51. The van der Waals surface area contributed by atoms with Gasteiger partial charge in [0.1, 0.15) is 5.75 Å². The number of methoxy groups -OCH3 is 1. The standard InChI is InChI=1S/C15H24N4O2/c1-4-16-15(18-10-9-17-12(2)20)19-11-13-7-5-6-8-14(13)21-3/h5-8H,4,9-11H2,1-3H3,(H,17,20)(H2,16,18,19). The highest BCUT2D eigenvalue weighted by molar-refractivity contribution is 5.79. The van der Waals surface area contributed by atoms with E-state index < -0.39 is 0 Å². The fourth-order valence-corrected chi connectivity index (χ4v) is 1.76. The van der Waals surface area contributed by atoms with Crippen LogP contribution in [-0.2, 0) is 11.3 Å². The van der Waals surface area contributed by atoms with Crippen LogP contribution in [0, 0.1) is 0 Å². The van der Waals surface area contributed by atoms with E-state index in [1.807, 2.05) is 31.2 Å². The average Bonchev–Trinajstić information content (AvgIpc) is 2.49. The van der Waals surface area contributed by atoms with Crippen LogP contribution in [0.3, 0.4) is 0 Å². The number of nitrogens with zero attached hydrogens (tertiary/aromatic N) is 1. The van der Waals surface area contributed by atoms with Crippen molar-refractivity contribution in [2.45, 2.75) is 20.4 Å². The van der Waals surface area contributed by atoms with Crippen LogP contribution in [0.5, 0.6) is 5.75 Å². The van der Waals surface area contributed by atoms with E-state index in [-0.39, 0.29) is 5.91 Å². The molecule has 1 aromatic rings. The van der Waals surface area contributed by atoms with Gasteiger partial charge in [-0.2, -0.15) is 0 Å². The first-order valence-electron chi connectivity index (χ1n) is 7.06. The number of nitrogens with one attached hydrogen (secondary N) is 3. The van der Waals surface area contributed by atoms with Gasteiger partial charge < -0.3 is 20.7 Å². The third kappa shape index (κ3) is 6.65. The molecule has 116 valence electrons. The van der Waals surface area contributed by atoms with Gasteiger partial charge in [0.15, 0.2) is 5.96 Å². The van der Waals surface area contributed by atoms with E-state index in [0.717, 1.165) is 17.9 Å². The zero-order valence-corrected chi connectivity index (χ0v) is 12.9. The van der Waals surface area contributed by atoms with Gasteiger partial charge >= 0.3 is 0 Å². The zero-order chi connectivity index (χ0) is 15.5. The van der Waals surface area contributed by atoms with E-state index in [0.29, 0.717) is 25.6 Å². The van der Waals surface area contributed by atoms with Crippen LogP contribution >= 0.6 is 0 Å². The first-order valence-corrected chi connectivity index (χ1v) is 7.06. The summed E-state index contributed by atoms with van der Waals surface area (Å²) in [7, 11) is 1.65. The Bertz CT molecular complexity index is 474. The molecular formula is C15H24N4O2. The Hall–Kier alpha value is -2.24. The molecule has 0 aromatic heterocycles. The van der Waals surface area contributed by atoms with Crippen molar-refractivity contribution in [2.75, 3.05) is 26.7 Å². The smallest absolute Gasteiger partial charge is 0.216 e. The molecule has 0 radical (unpaired) electrons. The van der Waals surface area contributed by atoms with E-state index in [2.05, 4.69) is 20.9 Å². The summed E-state index contributed by atoms with van der Waals surface area (Å²) in [6, 6.07) is 7.80. The Morgan fingerprint density at radius 1 is 1.19 bits per heavy atom. The number of para-hydroxylation sites is 1. The summed E-state index contributed by atoms with van der Waals surface area (Å²) in [6.45, 7) is 6.00. The van der Waals surface area contributed by atoms with Gasteiger partial charge in [0.2, 0.25) is 5.91 Å². The van der Waals surface area contributed by atoms with Crippen molar-refractivity contribution in [3.8, 4) is 5.75 Å². The SMILES string of the molecule is CCNC(=NCc1ccccc1OC)NCCNC(C)=O. The number of carbonyl (C=O) groups excluding carboxylic acids is 1. The topological polar surface area (TPSA) is 74.8 Å². The van der Waals surface area contributed by atoms with E-state index >= 15 is 0 Å². The van der Waals surface area contributed by atoms with Crippen molar-refractivity contribution in [2.24, 2.45) is 4.99 Å². The first-order chi connectivity index (χ1) is 10.2. The van der Waals surface area contributed by atoms with Gasteiger partial charge in [-0.1, -0.05) is 18.2 Å². The van der Waals surface area contributed by atoms with Crippen LogP contribution in [-0.4, -0.2) is 38.6 Å². The van der Waals surface area contributed by atoms with Crippen LogP contribution in [0.15, 0.2) is 29.3 Å². The van der Waals surface area contributed by atoms with Gasteiger partial charge in [0.25, 0.3) is 0 Å². The molecule has 0 unspecified atom stereocenters. The molecule has 3 N–H and O–H groups in total. The minimum atomic E-state index is -0.0345. The number of carbonyl (C=O) groups is 1. The second kappa shape index (κ2) is 9.63. The summed E-state index contributed by atoms with van der Waals surface area (Å²) >= 11 is 0. The Kier molecular flexibility index (Phi) is 7.71. The lowest BCUT2D eigenvalue weighted by atomic mass is 10.2. The van der Waals surface area contributed by atoms with Crippen LogP contribution < -0.4 is 20.7 Å². The monoisotopic (exact) mass is 292 g/mol. The van der Waals surface area contributed by atoms with Crippen LogP contribution in [0.25, 0.3) is 0 Å². The van der Waals surface area contributed by atoms with E-state index in [9.17, 15) is 4.79 Å². The van der Waals surface area contributed by atoms with Gasteiger partial charge in [-0.3, -0.25) is 4.79 Å². The highest BCUT2D eigenvalue weighted by Crippen LogP contribution is 2.17. The molecular weight excluding hydrogens is 268 g/mol. The summed E-state index contributed by atoms with van der Waals surface area (Å²) < 4.78 is 5.30. The highest BCUT2D eigenvalue weighted by Gasteiger charge is 2.02. The predicted molar refractivity (Wildman–Crippen MR) is 84.5 cm³/mol. The van der Waals surface area contributed by atoms with Gasteiger partial charge in [0.05, 0.1) is 13.7 Å². The molecule has 1 rings (SSSR count). The Morgan fingerprint density at radius 2 is 1.90 bits per heavy atom. The average molecular weight is 292 g/mol. The second-order valence-corrected chi connectivity index (χ2v) is 4.42. The summed E-state index contributed by atoms with van der Waals surface area (Å²) in [5.41, 5.74) is 1.03. The number of aliphatic imine (C=N–C) groups is 1. The van der Waals surface area contributed by atoms with E-state index in [4.69, 9.17) is 4.74 Å². The summed E-state index contributed by atoms with van der Waals surface area (Å²) in [5, 5.41) is 9.06. The normalized spacial score (nSPS) is 10.9. The molecule has 0 saturated heterocycles. The van der Waals surface area contributed by atoms with Gasteiger partial charge in [-0.05, 0) is 13.0 Å². The molecule has 0 bridgehead atoms. The summed E-state index contributed by atoms with van der Waals surface area (Å²) in [4.78, 5) is 15.3. The lowest BCUT2D eigenvalue weighted by Crippen LogP contribution is -2.41. The third-order valence-electron chi connectivity index (χ3n) is 2.74. The summed E-state index contributed by atoms with van der Waals surface area (Å²) in [6.07, 6.45) is 0. The minimum Gasteiger partial charge on any atom is -0.496 e. The van der Waals surface area contributed by atoms with Crippen LogP contribution in [0.1, 0.15) is 19.4 Å².